The Kier molecular flexibility index (Phi) is 7.04. The fourth-order valence-electron chi connectivity index (χ4n) is 2.89. The average Bonchev–Trinajstić information content (AvgIpc) is 3.26. The molecule has 2 aromatic rings. The molecule has 0 spiro atoms. The number of nitro benzene ring substituents is 1. The van der Waals surface area contributed by atoms with Gasteiger partial charge in [0, 0.05) is 42.1 Å². The molecule has 1 heterocycles. The van der Waals surface area contributed by atoms with Gasteiger partial charge in [-0.25, -0.2) is 0 Å². The van der Waals surface area contributed by atoms with E-state index in [2.05, 4.69) is 16.0 Å². The maximum atomic E-state index is 12.2. The molecule has 0 saturated carbocycles. The predicted molar refractivity (Wildman–Crippen MR) is 115 cm³/mol. The largest absolute Gasteiger partial charge is 0.376 e. The molecule has 0 aliphatic carbocycles. The smallest absolute Gasteiger partial charge is 0.269 e. The first kappa shape index (κ1) is 21.3. The second kappa shape index (κ2) is 9.90. The molecule has 2 aromatic carbocycles. The number of benzene rings is 2. The van der Waals surface area contributed by atoms with Gasteiger partial charge in [-0.2, -0.15) is 0 Å². The third-order valence-electron chi connectivity index (χ3n) is 4.49. The van der Waals surface area contributed by atoms with Crippen LogP contribution in [0, 0.1) is 10.1 Å². The van der Waals surface area contributed by atoms with Crippen molar-refractivity contribution in [3.8, 4) is 0 Å². The number of nitrogens with one attached hydrogen (secondary N) is 3. The fourth-order valence-corrected chi connectivity index (χ4v) is 3.10. The van der Waals surface area contributed by atoms with Crippen LogP contribution in [0.4, 0.5) is 11.4 Å². The number of anilines is 1. The molecule has 9 nitrogen and oxygen atoms in total. The van der Waals surface area contributed by atoms with E-state index in [-0.39, 0.29) is 28.4 Å². The SMILES string of the molecule is O=C(NCC1CCCO1)c1ccc(NC(=S)NC(=O)c2ccc([N+](=O)[O-])cc2)cc1. The van der Waals surface area contributed by atoms with Crippen LogP contribution in [0.1, 0.15) is 33.6 Å². The van der Waals surface area contributed by atoms with Crippen LogP contribution in [0.2, 0.25) is 0 Å². The Hall–Kier alpha value is -3.37. The molecule has 3 N–H and O–H groups in total. The summed E-state index contributed by atoms with van der Waals surface area (Å²) in [5.41, 5.74) is 1.23. The number of carbonyl (C=O) groups is 2. The molecule has 3 rings (SSSR count). The first-order valence-electron chi connectivity index (χ1n) is 9.29. The summed E-state index contributed by atoms with van der Waals surface area (Å²) < 4.78 is 5.48. The van der Waals surface area contributed by atoms with E-state index < -0.39 is 10.8 Å². The van der Waals surface area contributed by atoms with E-state index in [9.17, 15) is 19.7 Å². The fraction of sp³-hybridized carbons (Fsp3) is 0.250. The number of carbonyl (C=O) groups excluding carboxylic acids is 2. The standard InChI is InChI=1S/C20H20N4O5S/c25-18(21-12-17-2-1-11-29-17)13-3-7-15(8-4-13)22-20(30)23-19(26)14-5-9-16(10-6-14)24(27)28/h3-10,17H,1-2,11-12H2,(H,21,25)(H2,22,23,26,30). The molecule has 156 valence electrons. The summed E-state index contributed by atoms with van der Waals surface area (Å²) >= 11 is 5.12. The number of hydrogen-bond donors (Lipinski definition) is 3. The van der Waals surface area contributed by atoms with Crippen LogP contribution >= 0.6 is 12.2 Å². The van der Waals surface area contributed by atoms with Crippen LogP contribution in [0.15, 0.2) is 48.5 Å². The van der Waals surface area contributed by atoms with Crippen molar-refractivity contribution in [1.82, 2.24) is 10.6 Å². The monoisotopic (exact) mass is 428 g/mol. The number of nitro groups is 1. The van der Waals surface area contributed by atoms with Crippen molar-refractivity contribution in [2.45, 2.75) is 18.9 Å². The van der Waals surface area contributed by atoms with Crippen molar-refractivity contribution in [1.29, 1.82) is 0 Å². The van der Waals surface area contributed by atoms with Gasteiger partial charge in [0.25, 0.3) is 17.5 Å². The van der Waals surface area contributed by atoms with Gasteiger partial charge in [0.2, 0.25) is 0 Å². The van der Waals surface area contributed by atoms with Gasteiger partial charge < -0.3 is 15.4 Å². The van der Waals surface area contributed by atoms with E-state index in [4.69, 9.17) is 17.0 Å². The Morgan fingerprint density at radius 2 is 1.70 bits per heavy atom. The topological polar surface area (TPSA) is 123 Å². The lowest BCUT2D eigenvalue weighted by Crippen LogP contribution is -2.34. The number of thiocarbonyl (C=S) groups is 1. The van der Waals surface area contributed by atoms with Gasteiger partial charge in [0.1, 0.15) is 0 Å². The van der Waals surface area contributed by atoms with Gasteiger partial charge in [-0.1, -0.05) is 0 Å². The molecular formula is C20H20N4O5S. The van der Waals surface area contributed by atoms with Gasteiger partial charge in [-0.15, -0.1) is 0 Å². The summed E-state index contributed by atoms with van der Waals surface area (Å²) in [6.07, 6.45) is 2.04. The molecule has 1 aliphatic rings. The molecule has 0 bridgehead atoms. The average molecular weight is 428 g/mol. The van der Waals surface area contributed by atoms with E-state index in [1.165, 1.54) is 24.3 Å². The lowest BCUT2D eigenvalue weighted by atomic mass is 10.2. The number of rotatable bonds is 6. The summed E-state index contributed by atoms with van der Waals surface area (Å²) in [7, 11) is 0. The van der Waals surface area contributed by atoms with Crippen molar-refractivity contribution in [2.75, 3.05) is 18.5 Å². The molecule has 1 unspecified atom stereocenters. The molecule has 1 atom stereocenters. The van der Waals surface area contributed by atoms with Crippen molar-refractivity contribution in [3.05, 3.63) is 69.8 Å². The summed E-state index contributed by atoms with van der Waals surface area (Å²) in [4.78, 5) is 34.5. The summed E-state index contributed by atoms with van der Waals surface area (Å²) in [6.45, 7) is 1.22. The van der Waals surface area contributed by atoms with Crippen molar-refractivity contribution >= 4 is 40.5 Å². The summed E-state index contributed by atoms with van der Waals surface area (Å²) in [5.74, 6) is -0.682. The third-order valence-corrected chi connectivity index (χ3v) is 4.69. The summed E-state index contributed by atoms with van der Waals surface area (Å²) in [5, 5.41) is 18.9. The number of ether oxygens (including phenoxy) is 1. The number of non-ortho nitro benzene ring substituents is 1. The van der Waals surface area contributed by atoms with E-state index in [0.29, 0.717) is 17.8 Å². The lowest BCUT2D eigenvalue weighted by molar-refractivity contribution is -0.384. The molecule has 1 aliphatic heterocycles. The minimum absolute atomic E-state index is 0.0638. The van der Waals surface area contributed by atoms with Crippen LogP contribution in [-0.2, 0) is 4.74 Å². The zero-order valence-electron chi connectivity index (χ0n) is 15.9. The molecule has 1 fully saturated rings. The predicted octanol–water partition coefficient (Wildman–Crippen LogP) is 2.63. The Balaban J connectivity index is 1.49. The zero-order chi connectivity index (χ0) is 21.5. The second-order valence-corrected chi connectivity index (χ2v) is 7.04. The Morgan fingerprint density at radius 3 is 2.30 bits per heavy atom. The van der Waals surface area contributed by atoms with Crippen LogP contribution in [0.5, 0.6) is 0 Å². The maximum absolute atomic E-state index is 12.2. The third kappa shape index (κ3) is 5.82. The Labute approximate surface area is 178 Å². The first-order valence-corrected chi connectivity index (χ1v) is 9.70. The maximum Gasteiger partial charge on any atom is 0.269 e. The first-order chi connectivity index (χ1) is 14.4. The van der Waals surface area contributed by atoms with Crippen molar-refractivity contribution in [2.24, 2.45) is 0 Å². The molecule has 2 amide bonds. The van der Waals surface area contributed by atoms with Gasteiger partial charge in [0.15, 0.2) is 5.11 Å². The molecule has 1 saturated heterocycles. The highest BCUT2D eigenvalue weighted by atomic mass is 32.1. The highest BCUT2D eigenvalue weighted by Gasteiger charge is 2.16. The van der Waals surface area contributed by atoms with Crippen LogP contribution < -0.4 is 16.0 Å². The van der Waals surface area contributed by atoms with E-state index in [0.717, 1.165) is 19.4 Å². The number of amides is 2. The normalized spacial score (nSPS) is 15.3. The molecular weight excluding hydrogens is 408 g/mol. The van der Waals surface area contributed by atoms with E-state index in [1.807, 2.05) is 0 Å². The molecule has 10 heteroatoms. The quantitative estimate of drug-likeness (QED) is 0.367. The minimum atomic E-state index is -0.541. The number of nitrogens with zero attached hydrogens (tertiary/aromatic N) is 1. The number of hydrogen-bond acceptors (Lipinski definition) is 6. The van der Waals surface area contributed by atoms with Crippen LogP contribution in [-0.4, -0.2) is 41.1 Å². The van der Waals surface area contributed by atoms with Gasteiger partial charge in [0.05, 0.1) is 11.0 Å². The lowest BCUT2D eigenvalue weighted by Gasteiger charge is -2.12. The van der Waals surface area contributed by atoms with E-state index in [1.54, 1.807) is 24.3 Å². The highest BCUT2D eigenvalue weighted by Crippen LogP contribution is 2.13. The van der Waals surface area contributed by atoms with Gasteiger partial charge >= 0.3 is 0 Å². The Morgan fingerprint density at radius 1 is 1.07 bits per heavy atom. The second-order valence-electron chi connectivity index (χ2n) is 6.63. The minimum Gasteiger partial charge on any atom is -0.376 e. The molecule has 0 radical (unpaired) electrons. The van der Waals surface area contributed by atoms with Crippen LogP contribution in [0.25, 0.3) is 0 Å². The van der Waals surface area contributed by atoms with Crippen molar-refractivity contribution < 1.29 is 19.2 Å². The van der Waals surface area contributed by atoms with E-state index >= 15 is 0 Å². The molecule has 0 aromatic heterocycles. The highest BCUT2D eigenvalue weighted by molar-refractivity contribution is 7.80. The van der Waals surface area contributed by atoms with Crippen molar-refractivity contribution in [3.63, 3.8) is 0 Å². The van der Waals surface area contributed by atoms with Gasteiger partial charge in [-0.3, -0.25) is 25.0 Å². The molecule has 30 heavy (non-hydrogen) atoms. The summed E-state index contributed by atoms with van der Waals surface area (Å²) in [6, 6.07) is 11.8. The van der Waals surface area contributed by atoms with Gasteiger partial charge in [-0.05, 0) is 61.5 Å². The van der Waals surface area contributed by atoms with Crippen LogP contribution in [0.3, 0.4) is 0 Å². The zero-order valence-corrected chi connectivity index (χ0v) is 16.7. The Bertz CT molecular complexity index is 941.